The van der Waals surface area contributed by atoms with Crippen molar-refractivity contribution < 1.29 is 18.7 Å². The Morgan fingerprint density at radius 1 is 1.06 bits per heavy atom. The van der Waals surface area contributed by atoms with Gasteiger partial charge in [-0.3, -0.25) is 0 Å². The van der Waals surface area contributed by atoms with Gasteiger partial charge >= 0.3 is 0 Å². The molecule has 33 heavy (non-hydrogen) atoms. The maximum absolute atomic E-state index is 5.75. The van der Waals surface area contributed by atoms with Gasteiger partial charge in [-0.1, -0.05) is 41.6 Å². The molecule has 2 aromatic carbocycles. The van der Waals surface area contributed by atoms with E-state index in [4.69, 9.17) is 35.9 Å². The first kappa shape index (κ1) is 22.8. The van der Waals surface area contributed by atoms with E-state index in [1.165, 1.54) is 0 Å². The van der Waals surface area contributed by atoms with Crippen molar-refractivity contribution in [3.8, 4) is 22.9 Å². The molecular weight excluding hydrogens is 440 g/mol. The molecule has 0 saturated heterocycles. The van der Waals surface area contributed by atoms with Crippen LogP contribution in [0.3, 0.4) is 0 Å². The van der Waals surface area contributed by atoms with Crippen molar-refractivity contribution in [2.75, 3.05) is 34.5 Å². The van der Waals surface area contributed by atoms with Crippen molar-refractivity contribution >= 4 is 22.9 Å². The number of ether oxygens (including phenoxy) is 3. The first-order valence-corrected chi connectivity index (χ1v) is 10.9. The third-order valence-electron chi connectivity index (χ3n) is 5.54. The van der Waals surface area contributed by atoms with E-state index < -0.39 is 0 Å². The quantitative estimate of drug-likeness (QED) is 0.494. The normalized spacial score (nSPS) is 16.1. The Hall–Kier alpha value is -3.43. The van der Waals surface area contributed by atoms with Gasteiger partial charge in [0.1, 0.15) is 0 Å². The van der Waals surface area contributed by atoms with Gasteiger partial charge in [0, 0.05) is 24.9 Å². The molecule has 1 aliphatic rings. The van der Waals surface area contributed by atoms with E-state index in [-0.39, 0.29) is 6.04 Å². The molecule has 3 aromatic rings. The summed E-state index contributed by atoms with van der Waals surface area (Å²) in [5, 5.41) is 8.24. The Kier molecular flexibility index (Phi) is 6.90. The van der Waals surface area contributed by atoms with E-state index in [1.54, 1.807) is 21.3 Å². The number of hydrogen-bond acceptors (Lipinski definition) is 7. The molecular formula is C24H26N4O4S. The summed E-state index contributed by atoms with van der Waals surface area (Å²) in [5.41, 5.74) is 3.56. The van der Waals surface area contributed by atoms with Crippen LogP contribution < -0.4 is 14.8 Å². The molecule has 0 saturated carbocycles. The Labute approximate surface area is 198 Å². The Morgan fingerprint density at radius 3 is 2.52 bits per heavy atom. The van der Waals surface area contributed by atoms with Crippen LogP contribution in [0.2, 0.25) is 0 Å². The van der Waals surface area contributed by atoms with E-state index in [0.717, 1.165) is 22.4 Å². The molecule has 172 valence electrons. The molecule has 2 heterocycles. The number of aromatic nitrogens is 2. The number of hydrogen-bond donors (Lipinski definition) is 1. The van der Waals surface area contributed by atoms with Crippen LogP contribution in [0.5, 0.6) is 11.5 Å². The van der Waals surface area contributed by atoms with E-state index in [1.807, 2.05) is 60.4 Å². The summed E-state index contributed by atoms with van der Waals surface area (Å²) >= 11 is 5.69. The molecule has 9 heteroatoms. The van der Waals surface area contributed by atoms with Crippen LogP contribution in [0, 0.1) is 0 Å². The monoisotopic (exact) mass is 466 g/mol. The average molecular weight is 467 g/mol. The second kappa shape index (κ2) is 10.0. The molecule has 1 aliphatic heterocycles. The molecule has 0 amide bonds. The number of thiocarbonyl (C=S) groups is 1. The zero-order valence-electron chi connectivity index (χ0n) is 19.0. The lowest BCUT2D eigenvalue weighted by atomic mass is 9.94. The van der Waals surface area contributed by atoms with Crippen molar-refractivity contribution in [2.24, 2.45) is 0 Å². The second-order valence-electron chi connectivity index (χ2n) is 7.43. The molecule has 0 spiro atoms. The van der Waals surface area contributed by atoms with Gasteiger partial charge in [-0.05, 0) is 36.8 Å². The Morgan fingerprint density at radius 2 is 1.82 bits per heavy atom. The maximum atomic E-state index is 5.75. The molecule has 1 unspecified atom stereocenters. The highest BCUT2D eigenvalue weighted by molar-refractivity contribution is 7.80. The van der Waals surface area contributed by atoms with Crippen LogP contribution >= 0.6 is 12.2 Å². The van der Waals surface area contributed by atoms with Crippen LogP contribution in [0.1, 0.15) is 24.4 Å². The van der Waals surface area contributed by atoms with Crippen LogP contribution in [0.25, 0.3) is 17.0 Å². The minimum absolute atomic E-state index is 0.319. The Bertz CT molecular complexity index is 1160. The summed E-state index contributed by atoms with van der Waals surface area (Å²) in [4.78, 5) is 6.70. The summed E-state index contributed by atoms with van der Waals surface area (Å²) in [6.45, 7) is 3.11. The highest BCUT2D eigenvalue weighted by atomic mass is 32.1. The molecule has 4 rings (SSSR count). The van der Waals surface area contributed by atoms with Crippen molar-refractivity contribution in [1.29, 1.82) is 0 Å². The molecule has 0 radical (unpaired) electrons. The van der Waals surface area contributed by atoms with Crippen LogP contribution in [-0.4, -0.2) is 54.6 Å². The maximum Gasteiger partial charge on any atom is 0.258 e. The van der Waals surface area contributed by atoms with E-state index >= 15 is 0 Å². The molecule has 1 N–H and O–H groups in total. The van der Waals surface area contributed by atoms with Gasteiger partial charge in [-0.25, -0.2) is 0 Å². The van der Waals surface area contributed by atoms with Crippen LogP contribution in [0.4, 0.5) is 0 Å². The number of methoxy groups -OCH3 is 3. The van der Waals surface area contributed by atoms with Gasteiger partial charge in [0.25, 0.3) is 5.89 Å². The van der Waals surface area contributed by atoms with Gasteiger partial charge in [0.2, 0.25) is 5.82 Å². The number of benzene rings is 2. The van der Waals surface area contributed by atoms with Crippen molar-refractivity contribution in [1.82, 2.24) is 20.4 Å². The third kappa shape index (κ3) is 4.55. The van der Waals surface area contributed by atoms with Crippen molar-refractivity contribution in [3.63, 3.8) is 0 Å². The molecule has 0 fully saturated rings. The summed E-state index contributed by atoms with van der Waals surface area (Å²) in [6, 6.07) is 15.2. The van der Waals surface area contributed by atoms with Gasteiger partial charge in [-0.15, -0.1) is 0 Å². The predicted octanol–water partition coefficient (Wildman–Crippen LogP) is 4.06. The van der Waals surface area contributed by atoms with Gasteiger partial charge in [0.05, 0.1) is 32.4 Å². The minimum Gasteiger partial charge on any atom is -0.493 e. The first-order chi connectivity index (χ1) is 16.1. The first-order valence-electron chi connectivity index (χ1n) is 10.5. The zero-order chi connectivity index (χ0) is 23.4. The van der Waals surface area contributed by atoms with Crippen LogP contribution in [0.15, 0.2) is 58.8 Å². The molecule has 8 nitrogen and oxygen atoms in total. The second-order valence-corrected chi connectivity index (χ2v) is 7.82. The van der Waals surface area contributed by atoms with E-state index in [9.17, 15) is 0 Å². The van der Waals surface area contributed by atoms with Gasteiger partial charge in [-0.2, -0.15) is 4.98 Å². The SMILES string of the molecule is COCCN1C(=S)NC(c2ccc(OC)c(OC)c2)C(c2nc(-c3ccccc3)no2)=C1C. The lowest BCUT2D eigenvalue weighted by molar-refractivity contribution is 0.183. The lowest BCUT2D eigenvalue weighted by Gasteiger charge is -2.37. The fourth-order valence-electron chi connectivity index (χ4n) is 3.83. The molecule has 0 bridgehead atoms. The third-order valence-corrected chi connectivity index (χ3v) is 5.88. The van der Waals surface area contributed by atoms with Crippen LogP contribution in [-0.2, 0) is 4.74 Å². The fourth-order valence-corrected chi connectivity index (χ4v) is 4.18. The number of allylic oxidation sites excluding steroid dienone is 1. The van der Waals surface area contributed by atoms with Crippen molar-refractivity contribution in [3.05, 3.63) is 65.7 Å². The fraction of sp³-hybridized carbons (Fsp3) is 0.292. The topological polar surface area (TPSA) is 81.9 Å². The van der Waals surface area contributed by atoms with E-state index in [2.05, 4.69) is 10.5 Å². The average Bonchev–Trinajstić information content (AvgIpc) is 3.33. The van der Waals surface area contributed by atoms with E-state index in [0.29, 0.717) is 41.5 Å². The summed E-state index contributed by atoms with van der Waals surface area (Å²) in [6.07, 6.45) is 0. The number of rotatable bonds is 8. The smallest absolute Gasteiger partial charge is 0.258 e. The zero-order valence-corrected chi connectivity index (χ0v) is 19.8. The summed E-state index contributed by atoms with van der Waals surface area (Å²) in [5.74, 6) is 2.21. The Balaban J connectivity index is 1.81. The summed E-state index contributed by atoms with van der Waals surface area (Å²) in [7, 11) is 4.88. The number of nitrogens with one attached hydrogen (secondary N) is 1. The van der Waals surface area contributed by atoms with Gasteiger partial charge in [0.15, 0.2) is 16.6 Å². The summed E-state index contributed by atoms with van der Waals surface area (Å²) < 4.78 is 22.0. The molecule has 0 aliphatic carbocycles. The highest BCUT2D eigenvalue weighted by Gasteiger charge is 2.34. The number of nitrogens with zero attached hydrogens (tertiary/aromatic N) is 3. The molecule has 1 aromatic heterocycles. The highest BCUT2D eigenvalue weighted by Crippen LogP contribution is 2.40. The predicted molar refractivity (Wildman–Crippen MR) is 129 cm³/mol. The standard InChI is InChI=1S/C24H26N4O4S/c1-15-20(23-26-22(27-32-23)16-8-6-5-7-9-16)21(25-24(33)28(15)12-13-29-2)17-10-11-18(30-3)19(14-17)31-4/h5-11,14,21H,12-13H2,1-4H3,(H,25,33). The van der Waals surface area contributed by atoms with Gasteiger partial charge < -0.3 is 29.0 Å². The lowest BCUT2D eigenvalue weighted by Crippen LogP contribution is -2.47. The van der Waals surface area contributed by atoms with Crippen molar-refractivity contribution in [2.45, 2.75) is 13.0 Å². The minimum atomic E-state index is -0.319. The largest absolute Gasteiger partial charge is 0.493 e. The molecule has 1 atom stereocenters.